The number of carbonyl (C=O) groups is 1. The van der Waals surface area contributed by atoms with E-state index in [1.807, 2.05) is 30.3 Å². The van der Waals surface area contributed by atoms with Crippen molar-refractivity contribution in [1.29, 1.82) is 0 Å². The molecule has 1 heterocycles. The molecule has 1 aromatic carbocycles. The van der Waals surface area contributed by atoms with Crippen molar-refractivity contribution < 1.29 is 9.90 Å². The first-order valence-electron chi connectivity index (χ1n) is 6.31. The van der Waals surface area contributed by atoms with Crippen LogP contribution < -0.4 is 4.90 Å². The first-order valence-corrected chi connectivity index (χ1v) is 6.31. The zero-order valence-electron chi connectivity index (χ0n) is 10.9. The van der Waals surface area contributed by atoms with Crippen LogP contribution >= 0.6 is 0 Å². The highest BCUT2D eigenvalue weighted by molar-refractivity contribution is 5.68. The van der Waals surface area contributed by atoms with Gasteiger partial charge in [0.1, 0.15) is 0 Å². The summed E-state index contributed by atoms with van der Waals surface area (Å²) in [5.74, 6) is -0.733. The number of likely N-dealkylation sites (N-methyl/N-ethyl adjacent to an activating group) is 1. The molecule has 4 heteroatoms. The molecule has 18 heavy (non-hydrogen) atoms. The van der Waals surface area contributed by atoms with Crippen molar-refractivity contribution in [2.24, 2.45) is 0 Å². The maximum Gasteiger partial charge on any atom is 0.305 e. The van der Waals surface area contributed by atoms with Crippen molar-refractivity contribution in [3.63, 3.8) is 0 Å². The summed E-state index contributed by atoms with van der Waals surface area (Å²) in [4.78, 5) is 15.4. The van der Waals surface area contributed by atoms with Gasteiger partial charge in [0.15, 0.2) is 0 Å². The van der Waals surface area contributed by atoms with Crippen molar-refractivity contribution in [2.45, 2.75) is 25.4 Å². The molecule has 0 spiro atoms. The lowest BCUT2D eigenvalue weighted by Crippen LogP contribution is -2.56. The summed E-state index contributed by atoms with van der Waals surface area (Å²) in [5, 5.41) is 9.04. The van der Waals surface area contributed by atoms with E-state index in [-0.39, 0.29) is 12.5 Å². The Bertz CT molecular complexity index is 408. The van der Waals surface area contributed by atoms with E-state index in [4.69, 9.17) is 5.11 Å². The van der Waals surface area contributed by atoms with Crippen LogP contribution in [-0.2, 0) is 4.79 Å². The van der Waals surface area contributed by atoms with E-state index in [1.54, 1.807) is 0 Å². The Kier molecular flexibility index (Phi) is 3.87. The highest BCUT2D eigenvalue weighted by Gasteiger charge is 2.30. The average molecular weight is 248 g/mol. The molecule has 0 aromatic heterocycles. The molecule has 1 aromatic rings. The van der Waals surface area contributed by atoms with Crippen molar-refractivity contribution in [3.8, 4) is 0 Å². The smallest absolute Gasteiger partial charge is 0.305 e. The minimum atomic E-state index is -0.733. The second kappa shape index (κ2) is 5.40. The van der Waals surface area contributed by atoms with Crippen LogP contribution in [-0.4, -0.2) is 48.2 Å². The highest BCUT2D eigenvalue weighted by atomic mass is 16.4. The van der Waals surface area contributed by atoms with E-state index in [9.17, 15) is 4.79 Å². The maximum atomic E-state index is 11.0. The molecular weight excluding hydrogens is 228 g/mol. The van der Waals surface area contributed by atoms with E-state index in [1.165, 1.54) is 0 Å². The molecular formula is C14H20N2O2. The molecule has 0 unspecified atom stereocenters. The monoisotopic (exact) mass is 248 g/mol. The molecule has 0 saturated carbocycles. The van der Waals surface area contributed by atoms with Gasteiger partial charge in [-0.25, -0.2) is 0 Å². The number of hydrogen-bond acceptors (Lipinski definition) is 3. The van der Waals surface area contributed by atoms with Gasteiger partial charge in [0.25, 0.3) is 0 Å². The zero-order valence-corrected chi connectivity index (χ0v) is 10.9. The summed E-state index contributed by atoms with van der Waals surface area (Å²) >= 11 is 0. The summed E-state index contributed by atoms with van der Waals surface area (Å²) in [7, 11) is 2.06. The standard InChI is InChI=1S/C14H20N2O2/c1-11-9-16(12-6-4-3-5-7-12)13(8-14(17)18)10-15(11)2/h3-7,11,13H,8-10H2,1-2H3,(H,17,18)/t11-,13-/m0/s1. The van der Waals surface area contributed by atoms with Gasteiger partial charge in [-0.2, -0.15) is 0 Å². The summed E-state index contributed by atoms with van der Waals surface area (Å²) in [5.41, 5.74) is 1.11. The van der Waals surface area contributed by atoms with E-state index in [2.05, 4.69) is 23.8 Å². The van der Waals surface area contributed by atoms with Gasteiger partial charge >= 0.3 is 5.97 Å². The number of nitrogens with zero attached hydrogens (tertiary/aromatic N) is 2. The second-order valence-electron chi connectivity index (χ2n) is 5.03. The van der Waals surface area contributed by atoms with Crippen LogP contribution in [0.2, 0.25) is 0 Å². The number of hydrogen-bond donors (Lipinski definition) is 1. The molecule has 4 nitrogen and oxygen atoms in total. The van der Waals surface area contributed by atoms with Crippen LogP contribution in [0.5, 0.6) is 0 Å². The van der Waals surface area contributed by atoms with Crippen LogP contribution in [0.1, 0.15) is 13.3 Å². The van der Waals surface area contributed by atoms with Crippen LogP contribution in [0.25, 0.3) is 0 Å². The number of carboxylic acids is 1. The summed E-state index contributed by atoms with van der Waals surface area (Å²) in [6.07, 6.45) is 0.186. The fourth-order valence-corrected chi connectivity index (χ4v) is 2.50. The molecule has 1 aliphatic heterocycles. The molecule has 2 atom stereocenters. The number of carboxylic acid groups (broad SMARTS) is 1. The van der Waals surface area contributed by atoms with Gasteiger partial charge in [-0.15, -0.1) is 0 Å². The van der Waals surface area contributed by atoms with Crippen molar-refractivity contribution in [3.05, 3.63) is 30.3 Å². The van der Waals surface area contributed by atoms with Gasteiger partial charge in [0.05, 0.1) is 12.5 Å². The van der Waals surface area contributed by atoms with Gasteiger partial charge in [0.2, 0.25) is 0 Å². The Balaban J connectivity index is 2.20. The predicted octanol–water partition coefficient (Wildman–Crippen LogP) is 1.67. The molecule has 0 radical (unpaired) electrons. The number of rotatable bonds is 3. The minimum absolute atomic E-state index is 0.0473. The van der Waals surface area contributed by atoms with Crippen LogP contribution in [0.3, 0.4) is 0 Å². The van der Waals surface area contributed by atoms with E-state index < -0.39 is 5.97 Å². The number of para-hydroxylation sites is 1. The SMILES string of the molecule is C[C@H]1CN(c2ccccc2)[C@@H](CC(=O)O)CN1C. The third-order valence-electron chi connectivity index (χ3n) is 3.65. The number of piperazine rings is 1. The Morgan fingerprint density at radius 1 is 1.33 bits per heavy atom. The molecule has 1 saturated heterocycles. The minimum Gasteiger partial charge on any atom is -0.481 e. The van der Waals surface area contributed by atoms with Crippen molar-refractivity contribution in [2.75, 3.05) is 25.0 Å². The molecule has 98 valence electrons. The van der Waals surface area contributed by atoms with E-state index in [0.29, 0.717) is 6.04 Å². The number of anilines is 1. The average Bonchev–Trinajstić information content (AvgIpc) is 2.34. The lowest BCUT2D eigenvalue weighted by atomic mass is 10.0. The lowest BCUT2D eigenvalue weighted by Gasteiger charge is -2.44. The van der Waals surface area contributed by atoms with Gasteiger partial charge in [-0.3, -0.25) is 9.69 Å². The topological polar surface area (TPSA) is 43.8 Å². The fraction of sp³-hybridized carbons (Fsp3) is 0.500. The molecule has 1 fully saturated rings. The largest absolute Gasteiger partial charge is 0.481 e. The predicted molar refractivity (Wildman–Crippen MR) is 71.9 cm³/mol. The van der Waals surface area contributed by atoms with Crippen LogP contribution in [0, 0.1) is 0 Å². The lowest BCUT2D eigenvalue weighted by molar-refractivity contribution is -0.137. The normalized spacial score (nSPS) is 25.1. The molecule has 0 amide bonds. The molecule has 0 aliphatic carbocycles. The first-order chi connectivity index (χ1) is 8.58. The Hall–Kier alpha value is -1.55. The zero-order chi connectivity index (χ0) is 13.1. The second-order valence-corrected chi connectivity index (χ2v) is 5.03. The van der Waals surface area contributed by atoms with Crippen molar-refractivity contribution in [1.82, 2.24) is 4.90 Å². The third kappa shape index (κ3) is 2.82. The summed E-state index contributed by atoms with van der Waals surface area (Å²) < 4.78 is 0. The van der Waals surface area contributed by atoms with Crippen molar-refractivity contribution >= 4 is 11.7 Å². The maximum absolute atomic E-state index is 11.0. The van der Waals surface area contributed by atoms with E-state index in [0.717, 1.165) is 18.8 Å². The fourth-order valence-electron chi connectivity index (χ4n) is 2.50. The molecule has 1 aliphatic rings. The van der Waals surface area contributed by atoms with Gasteiger partial charge in [0, 0.05) is 24.8 Å². The summed E-state index contributed by atoms with van der Waals surface area (Å²) in [6, 6.07) is 10.6. The van der Waals surface area contributed by atoms with Gasteiger partial charge in [-0.1, -0.05) is 18.2 Å². The van der Waals surface area contributed by atoms with Crippen LogP contribution in [0.15, 0.2) is 30.3 Å². The molecule has 1 N–H and O–H groups in total. The molecule has 0 bridgehead atoms. The van der Waals surface area contributed by atoms with Gasteiger partial charge < -0.3 is 10.0 Å². The number of benzene rings is 1. The Morgan fingerprint density at radius 2 is 2.00 bits per heavy atom. The number of aliphatic carboxylic acids is 1. The highest BCUT2D eigenvalue weighted by Crippen LogP contribution is 2.23. The summed E-state index contributed by atoms with van der Waals surface area (Å²) in [6.45, 7) is 3.84. The van der Waals surface area contributed by atoms with Gasteiger partial charge in [-0.05, 0) is 26.1 Å². The van der Waals surface area contributed by atoms with Crippen LogP contribution in [0.4, 0.5) is 5.69 Å². The quantitative estimate of drug-likeness (QED) is 0.883. The van der Waals surface area contributed by atoms with E-state index >= 15 is 0 Å². The Morgan fingerprint density at radius 3 is 2.61 bits per heavy atom. The molecule has 2 rings (SSSR count). The third-order valence-corrected chi connectivity index (χ3v) is 3.65. The Labute approximate surface area is 108 Å². The first kappa shape index (κ1) is 12.9.